The number of hydrogen-bond donors (Lipinski definition) is 0. The van der Waals surface area contributed by atoms with Crippen LogP contribution in [0.1, 0.15) is 11.5 Å². The van der Waals surface area contributed by atoms with Crippen LogP contribution < -0.4 is 0 Å². The maximum atomic E-state index is 11.7. The van der Waals surface area contributed by atoms with Gasteiger partial charge in [-0.15, -0.1) is 0 Å². The fourth-order valence-electron chi connectivity index (χ4n) is 2.37. The monoisotopic (exact) mass is 280 g/mol. The van der Waals surface area contributed by atoms with Crippen LogP contribution in [-0.4, -0.2) is 19.9 Å². The fraction of sp³-hybridized carbons (Fsp3) is 0.333. The normalized spacial score (nSPS) is 24.9. The smallest absolute Gasteiger partial charge is 0.169 e. The quantitative estimate of drug-likeness (QED) is 0.828. The van der Waals surface area contributed by atoms with Crippen LogP contribution in [0.4, 0.5) is 0 Å². The molecule has 1 aromatic rings. The molecule has 0 unspecified atom stereocenters. The molecule has 0 aliphatic heterocycles. The first-order chi connectivity index (χ1) is 8.36. The van der Waals surface area contributed by atoms with Crippen molar-refractivity contribution in [1.29, 1.82) is 10.5 Å². The number of hydrogen-bond acceptors (Lipinski definition) is 4. The minimum absolute atomic E-state index is 0.455. The first-order valence-corrected chi connectivity index (χ1v) is 7.47. The molecule has 0 saturated heterocycles. The van der Waals surface area contributed by atoms with Gasteiger partial charge in [0.1, 0.15) is 5.25 Å². The Kier molecular flexibility index (Phi) is 2.85. The molecule has 2 rings (SSSR count). The first kappa shape index (κ1) is 12.9. The van der Waals surface area contributed by atoms with Gasteiger partial charge >= 0.3 is 0 Å². The van der Waals surface area contributed by atoms with Crippen LogP contribution >= 0.6 is 11.6 Å². The van der Waals surface area contributed by atoms with E-state index in [1.54, 1.807) is 24.3 Å². The summed E-state index contributed by atoms with van der Waals surface area (Å²) in [6.07, 6.45) is 1.05. The number of nitriles is 2. The summed E-state index contributed by atoms with van der Waals surface area (Å²) in [5.74, 6) is -0.624. The molecule has 1 aliphatic rings. The molecule has 1 aromatic carbocycles. The number of nitrogens with zero attached hydrogens (tertiary/aromatic N) is 2. The van der Waals surface area contributed by atoms with E-state index < -0.39 is 26.4 Å². The van der Waals surface area contributed by atoms with E-state index in [0.29, 0.717) is 10.6 Å². The minimum Gasteiger partial charge on any atom is -0.229 e. The fourth-order valence-corrected chi connectivity index (χ4v) is 4.28. The van der Waals surface area contributed by atoms with Crippen LogP contribution in [0.2, 0.25) is 5.02 Å². The minimum atomic E-state index is -3.46. The average Bonchev–Trinajstić information content (AvgIpc) is 2.98. The van der Waals surface area contributed by atoms with Crippen molar-refractivity contribution < 1.29 is 8.42 Å². The standard InChI is InChI=1S/C12H9ClN2O2S/c1-18(16,17)11-10(12(11,6-14)7-15)8-3-2-4-9(13)5-8/h2-5,10-11H,1H3/t10-,11-/m0/s1. The molecule has 18 heavy (non-hydrogen) atoms. The second-order valence-corrected chi connectivity index (χ2v) is 6.98. The van der Waals surface area contributed by atoms with Gasteiger partial charge in [0.15, 0.2) is 15.3 Å². The zero-order chi connectivity index (χ0) is 13.6. The molecular formula is C12H9ClN2O2S. The molecule has 0 N–H and O–H groups in total. The molecule has 1 aliphatic carbocycles. The Morgan fingerprint density at radius 2 is 1.94 bits per heavy atom. The van der Waals surface area contributed by atoms with Crippen molar-refractivity contribution in [1.82, 2.24) is 0 Å². The van der Waals surface area contributed by atoms with E-state index in [0.717, 1.165) is 6.26 Å². The summed E-state index contributed by atoms with van der Waals surface area (Å²) in [6, 6.07) is 10.3. The second kappa shape index (κ2) is 3.98. The van der Waals surface area contributed by atoms with E-state index in [4.69, 9.17) is 22.1 Å². The number of benzene rings is 1. The van der Waals surface area contributed by atoms with E-state index in [9.17, 15) is 8.42 Å². The summed E-state index contributed by atoms with van der Waals surface area (Å²) in [4.78, 5) is 0. The third-order valence-electron chi connectivity index (χ3n) is 3.17. The van der Waals surface area contributed by atoms with E-state index in [-0.39, 0.29) is 0 Å². The Hall–Kier alpha value is -1.56. The molecule has 2 atom stereocenters. The van der Waals surface area contributed by atoms with Gasteiger partial charge in [0.05, 0.1) is 12.1 Å². The molecule has 0 heterocycles. The van der Waals surface area contributed by atoms with E-state index in [2.05, 4.69) is 0 Å². The lowest BCUT2D eigenvalue weighted by Gasteiger charge is -1.99. The van der Waals surface area contributed by atoms with Crippen molar-refractivity contribution in [3.63, 3.8) is 0 Å². The van der Waals surface area contributed by atoms with Crippen molar-refractivity contribution in [2.24, 2.45) is 5.41 Å². The Morgan fingerprint density at radius 1 is 1.33 bits per heavy atom. The number of rotatable bonds is 2. The Labute approximate surface area is 110 Å². The highest BCUT2D eigenvalue weighted by molar-refractivity contribution is 7.91. The van der Waals surface area contributed by atoms with Gasteiger partial charge in [-0.2, -0.15) is 10.5 Å². The van der Waals surface area contributed by atoms with E-state index in [1.165, 1.54) is 0 Å². The topological polar surface area (TPSA) is 81.7 Å². The summed E-state index contributed by atoms with van der Waals surface area (Å²) in [5.41, 5.74) is -0.876. The van der Waals surface area contributed by atoms with Crippen LogP contribution in [0.5, 0.6) is 0 Å². The molecule has 6 heteroatoms. The largest absolute Gasteiger partial charge is 0.229 e. The van der Waals surface area contributed by atoms with E-state index >= 15 is 0 Å². The van der Waals surface area contributed by atoms with Crippen molar-refractivity contribution in [3.8, 4) is 12.1 Å². The summed E-state index contributed by atoms with van der Waals surface area (Å²) >= 11 is 5.84. The third kappa shape index (κ3) is 1.77. The van der Waals surface area contributed by atoms with Crippen molar-refractivity contribution in [2.75, 3.05) is 6.26 Å². The Balaban J connectivity index is 2.54. The van der Waals surface area contributed by atoms with Crippen LogP contribution in [0, 0.1) is 28.1 Å². The van der Waals surface area contributed by atoms with Gasteiger partial charge in [0.2, 0.25) is 0 Å². The molecule has 92 valence electrons. The van der Waals surface area contributed by atoms with Gasteiger partial charge < -0.3 is 0 Å². The number of halogens is 1. The van der Waals surface area contributed by atoms with Gasteiger partial charge in [-0.05, 0) is 17.7 Å². The van der Waals surface area contributed by atoms with Crippen molar-refractivity contribution in [3.05, 3.63) is 34.9 Å². The summed E-state index contributed by atoms with van der Waals surface area (Å²) < 4.78 is 23.3. The molecule has 0 spiro atoms. The summed E-state index contributed by atoms with van der Waals surface area (Å²) in [7, 11) is -3.46. The third-order valence-corrected chi connectivity index (χ3v) is 4.97. The molecule has 1 fully saturated rings. The highest BCUT2D eigenvalue weighted by Gasteiger charge is 2.72. The van der Waals surface area contributed by atoms with Crippen molar-refractivity contribution in [2.45, 2.75) is 11.2 Å². The molecule has 0 aromatic heterocycles. The van der Waals surface area contributed by atoms with E-state index in [1.807, 2.05) is 12.1 Å². The highest BCUT2D eigenvalue weighted by Crippen LogP contribution is 2.62. The molecule has 4 nitrogen and oxygen atoms in total. The van der Waals surface area contributed by atoms with Gasteiger partial charge in [-0.25, -0.2) is 8.42 Å². The van der Waals surface area contributed by atoms with Gasteiger partial charge in [-0.1, -0.05) is 23.7 Å². The molecule has 0 amide bonds. The lowest BCUT2D eigenvalue weighted by Crippen LogP contribution is -2.11. The average molecular weight is 281 g/mol. The first-order valence-electron chi connectivity index (χ1n) is 5.13. The van der Waals surface area contributed by atoms with Crippen LogP contribution in [0.3, 0.4) is 0 Å². The van der Waals surface area contributed by atoms with Crippen LogP contribution in [0.25, 0.3) is 0 Å². The maximum Gasteiger partial charge on any atom is 0.169 e. The Bertz CT molecular complexity index is 671. The Morgan fingerprint density at radius 3 is 2.33 bits per heavy atom. The lowest BCUT2D eigenvalue weighted by atomic mass is 10.0. The second-order valence-electron chi connectivity index (χ2n) is 4.38. The SMILES string of the molecule is CS(=O)(=O)[C@H]1[C@H](c2cccc(Cl)c2)C1(C#N)C#N. The molecule has 1 saturated carbocycles. The summed E-state index contributed by atoms with van der Waals surface area (Å²) in [5, 5.41) is 17.7. The van der Waals surface area contributed by atoms with Crippen LogP contribution in [0.15, 0.2) is 24.3 Å². The van der Waals surface area contributed by atoms with Gasteiger partial charge in [0.25, 0.3) is 0 Å². The zero-order valence-corrected chi connectivity index (χ0v) is 11.0. The van der Waals surface area contributed by atoms with Gasteiger partial charge in [0, 0.05) is 17.2 Å². The molecule has 0 bridgehead atoms. The predicted octanol–water partition coefficient (Wildman–Crippen LogP) is 1.88. The lowest BCUT2D eigenvalue weighted by molar-refractivity contribution is 0.597. The van der Waals surface area contributed by atoms with Crippen LogP contribution in [-0.2, 0) is 9.84 Å². The number of sulfone groups is 1. The highest BCUT2D eigenvalue weighted by atomic mass is 35.5. The van der Waals surface area contributed by atoms with Gasteiger partial charge in [-0.3, -0.25) is 0 Å². The predicted molar refractivity (Wildman–Crippen MR) is 66.5 cm³/mol. The maximum absolute atomic E-state index is 11.7. The molecular weight excluding hydrogens is 272 g/mol. The van der Waals surface area contributed by atoms with Crippen molar-refractivity contribution >= 4 is 21.4 Å². The summed E-state index contributed by atoms with van der Waals surface area (Å²) in [6.45, 7) is 0. The zero-order valence-electron chi connectivity index (χ0n) is 9.46. The molecule has 0 radical (unpaired) electrons.